The van der Waals surface area contributed by atoms with Crippen LogP contribution >= 0.6 is 0 Å². The van der Waals surface area contributed by atoms with Gasteiger partial charge in [-0.25, -0.2) is 8.42 Å². The van der Waals surface area contributed by atoms with E-state index in [0.29, 0.717) is 12.1 Å². The second-order valence-corrected chi connectivity index (χ2v) is 7.57. The van der Waals surface area contributed by atoms with Crippen molar-refractivity contribution < 1.29 is 13.2 Å². The van der Waals surface area contributed by atoms with Gasteiger partial charge in [0.05, 0.1) is 22.6 Å². The number of nitrogens with one attached hydrogen (secondary N) is 1. The first-order chi connectivity index (χ1) is 10.8. The largest absolute Gasteiger partial charge is 0.339 e. The van der Waals surface area contributed by atoms with Crippen molar-refractivity contribution in [3.8, 4) is 6.07 Å². The van der Waals surface area contributed by atoms with E-state index in [-0.39, 0.29) is 16.8 Å². The monoisotopic (exact) mass is 335 g/mol. The molecule has 7 heteroatoms. The first kappa shape index (κ1) is 17.4. The van der Waals surface area contributed by atoms with Crippen LogP contribution in [0.5, 0.6) is 0 Å². The Morgan fingerprint density at radius 1 is 1.35 bits per heavy atom. The second-order valence-electron chi connectivity index (χ2n) is 5.86. The number of likely N-dealkylation sites (tertiary alicyclic amines) is 1. The smallest absolute Gasteiger partial charge is 0.241 e. The molecule has 1 aromatic carbocycles. The number of hydrogen-bond donors (Lipinski definition) is 1. The molecule has 1 N–H and O–H groups in total. The summed E-state index contributed by atoms with van der Waals surface area (Å²) in [5.74, 6) is -0.200. The second kappa shape index (κ2) is 7.11. The van der Waals surface area contributed by atoms with Crippen LogP contribution in [0.4, 0.5) is 0 Å². The van der Waals surface area contributed by atoms with E-state index in [1.807, 2.05) is 13.0 Å². The molecule has 2 rings (SSSR count). The molecule has 1 fully saturated rings. The molecular weight excluding hydrogens is 314 g/mol. The summed E-state index contributed by atoms with van der Waals surface area (Å²) >= 11 is 0. The SMILES string of the molecule is C[C@H](NS(=O)(=O)c1ccc(C#N)cc1)C(=O)N1CCCC[C@@H]1C. The number of carbonyl (C=O) groups is 1. The van der Waals surface area contributed by atoms with Gasteiger partial charge < -0.3 is 4.90 Å². The molecule has 0 saturated carbocycles. The van der Waals surface area contributed by atoms with Gasteiger partial charge in [-0.3, -0.25) is 4.79 Å². The minimum absolute atomic E-state index is 0.0443. The number of piperidine rings is 1. The minimum atomic E-state index is -3.79. The predicted octanol–water partition coefficient (Wildman–Crippen LogP) is 1.63. The average molecular weight is 335 g/mol. The van der Waals surface area contributed by atoms with Gasteiger partial charge in [0.15, 0.2) is 0 Å². The van der Waals surface area contributed by atoms with E-state index in [1.54, 1.807) is 11.8 Å². The summed E-state index contributed by atoms with van der Waals surface area (Å²) in [6.07, 6.45) is 2.99. The Balaban J connectivity index is 2.09. The van der Waals surface area contributed by atoms with Crippen molar-refractivity contribution in [1.29, 1.82) is 5.26 Å². The summed E-state index contributed by atoms with van der Waals surface area (Å²) in [6, 6.07) is 6.85. The summed E-state index contributed by atoms with van der Waals surface area (Å²) in [5.41, 5.74) is 0.384. The molecule has 2 atom stereocenters. The summed E-state index contributed by atoms with van der Waals surface area (Å²) < 4.78 is 27.1. The summed E-state index contributed by atoms with van der Waals surface area (Å²) in [4.78, 5) is 14.3. The Morgan fingerprint density at radius 3 is 2.57 bits per heavy atom. The standard InChI is InChI=1S/C16H21N3O3S/c1-12-5-3-4-10-19(12)16(20)13(2)18-23(21,22)15-8-6-14(11-17)7-9-15/h6-9,12-13,18H,3-5,10H2,1-2H3/t12-,13-/m0/s1. The fraction of sp³-hybridized carbons (Fsp3) is 0.500. The number of rotatable bonds is 4. The molecule has 0 unspecified atom stereocenters. The summed E-state index contributed by atoms with van der Waals surface area (Å²) in [6.45, 7) is 4.21. The number of nitrogens with zero attached hydrogens (tertiary/aromatic N) is 2. The maximum absolute atomic E-state index is 12.5. The topological polar surface area (TPSA) is 90.3 Å². The van der Waals surface area contributed by atoms with Crippen LogP contribution < -0.4 is 4.72 Å². The first-order valence-corrected chi connectivity index (χ1v) is 9.16. The quantitative estimate of drug-likeness (QED) is 0.905. The van der Waals surface area contributed by atoms with Gasteiger partial charge in [0.25, 0.3) is 0 Å². The molecule has 1 amide bonds. The van der Waals surface area contributed by atoms with Crippen molar-refractivity contribution >= 4 is 15.9 Å². The lowest BCUT2D eigenvalue weighted by atomic mass is 10.0. The van der Waals surface area contributed by atoms with Gasteiger partial charge in [-0.05, 0) is 57.4 Å². The molecule has 0 aliphatic carbocycles. The van der Waals surface area contributed by atoms with E-state index in [2.05, 4.69) is 4.72 Å². The number of amides is 1. The number of carbonyl (C=O) groups excluding carboxylic acids is 1. The Morgan fingerprint density at radius 2 is 2.00 bits per heavy atom. The lowest BCUT2D eigenvalue weighted by Gasteiger charge is -2.35. The Kier molecular flexibility index (Phi) is 5.39. The molecular formula is C16H21N3O3S. The zero-order valence-corrected chi connectivity index (χ0v) is 14.1. The van der Waals surface area contributed by atoms with Gasteiger partial charge >= 0.3 is 0 Å². The van der Waals surface area contributed by atoms with Gasteiger partial charge in [0.2, 0.25) is 15.9 Å². The molecule has 0 aromatic heterocycles. The van der Waals surface area contributed by atoms with Gasteiger partial charge in [0, 0.05) is 12.6 Å². The van der Waals surface area contributed by atoms with Crippen molar-refractivity contribution in [3.05, 3.63) is 29.8 Å². The first-order valence-electron chi connectivity index (χ1n) is 7.68. The molecule has 124 valence electrons. The molecule has 0 spiro atoms. The molecule has 1 saturated heterocycles. The van der Waals surface area contributed by atoms with Gasteiger partial charge in [0.1, 0.15) is 0 Å². The molecule has 23 heavy (non-hydrogen) atoms. The van der Waals surface area contributed by atoms with Crippen LogP contribution in [0.1, 0.15) is 38.7 Å². The molecule has 6 nitrogen and oxygen atoms in total. The van der Waals surface area contributed by atoms with Crippen molar-refractivity contribution in [2.75, 3.05) is 6.54 Å². The van der Waals surface area contributed by atoms with Crippen molar-refractivity contribution in [3.63, 3.8) is 0 Å². The number of hydrogen-bond acceptors (Lipinski definition) is 4. The van der Waals surface area contributed by atoms with E-state index in [4.69, 9.17) is 5.26 Å². The highest BCUT2D eigenvalue weighted by molar-refractivity contribution is 7.89. The molecule has 1 aliphatic heterocycles. The van der Waals surface area contributed by atoms with E-state index < -0.39 is 16.1 Å². The average Bonchev–Trinajstić information content (AvgIpc) is 2.54. The fourth-order valence-corrected chi connectivity index (χ4v) is 3.93. The van der Waals surface area contributed by atoms with Crippen LogP contribution in [0.25, 0.3) is 0 Å². The third-order valence-electron chi connectivity index (χ3n) is 4.08. The minimum Gasteiger partial charge on any atom is -0.339 e. The maximum atomic E-state index is 12.5. The predicted molar refractivity (Wildman–Crippen MR) is 86.0 cm³/mol. The third-order valence-corrected chi connectivity index (χ3v) is 5.64. The van der Waals surface area contributed by atoms with Crippen LogP contribution in [0.15, 0.2) is 29.2 Å². The van der Waals surface area contributed by atoms with Gasteiger partial charge in [-0.2, -0.15) is 9.98 Å². The van der Waals surface area contributed by atoms with Crippen LogP contribution in [0, 0.1) is 11.3 Å². The summed E-state index contributed by atoms with van der Waals surface area (Å²) in [5, 5.41) is 8.75. The molecule has 1 aromatic rings. The van der Waals surface area contributed by atoms with Crippen LogP contribution in [0.3, 0.4) is 0 Å². The highest BCUT2D eigenvalue weighted by Gasteiger charge is 2.29. The van der Waals surface area contributed by atoms with Gasteiger partial charge in [-0.15, -0.1) is 0 Å². The summed E-state index contributed by atoms with van der Waals surface area (Å²) in [7, 11) is -3.79. The number of sulfonamides is 1. The highest BCUT2D eigenvalue weighted by atomic mass is 32.2. The lowest BCUT2D eigenvalue weighted by Crippen LogP contribution is -2.51. The van der Waals surface area contributed by atoms with Crippen molar-refractivity contribution in [1.82, 2.24) is 9.62 Å². The molecule has 0 radical (unpaired) electrons. The van der Waals surface area contributed by atoms with Crippen LogP contribution in [-0.2, 0) is 14.8 Å². The maximum Gasteiger partial charge on any atom is 0.241 e. The molecule has 1 heterocycles. The Bertz CT molecular complexity index is 707. The molecule has 0 bridgehead atoms. The fourth-order valence-electron chi connectivity index (χ4n) is 2.73. The molecule has 1 aliphatic rings. The van der Waals surface area contributed by atoms with Crippen LogP contribution in [-0.4, -0.2) is 37.9 Å². The number of benzene rings is 1. The normalized spacial score (nSPS) is 19.9. The van der Waals surface area contributed by atoms with E-state index in [1.165, 1.54) is 24.3 Å². The Labute approximate surface area is 137 Å². The zero-order chi connectivity index (χ0) is 17.0. The third kappa shape index (κ3) is 4.09. The van der Waals surface area contributed by atoms with Crippen molar-refractivity contribution in [2.45, 2.75) is 50.1 Å². The number of nitriles is 1. The van der Waals surface area contributed by atoms with E-state index >= 15 is 0 Å². The lowest BCUT2D eigenvalue weighted by molar-refractivity contribution is -0.135. The Hall–Kier alpha value is -1.91. The van der Waals surface area contributed by atoms with Gasteiger partial charge in [-0.1, -0.05) is 0 Å². The zero-order valence-electron chi connectivity index (χ0n) is 13.3. The highest BCUT2D eigenvalue weighted by Crippen LogP contribution is 2.18. The van der Waals surface area contributed by atoms with Crippen molar-refractivity contribution in [2.24, 2.45) is 0 Å². The van der Waals surface area contributed by atoms with E-state index in [9.17, 15) is 13.2 Å². The van der Waals surface area contributed by atoms with E-state index in [0.717, 1.165) is 19.3 Å². The van der Waals surface area contributed by atoms with Crippen LogP contribution in [0.2, 0.25) is 0 Å².